The molecule has 0 aromatic heterocycles. The van der Waals surface area contributed by atoms with Crippen molar-refractivity contribution in [1.82, 2.24) is 4.90 Å². The van der Waals surface area contributed by atoms with E-state index in [-0.39, 0.29) is 5.91 Å². The number of nitrogens with one attached hydrogen (secondary N) is 1. The van der Waals surface area contributed by atoms with E-state index >= 15 is 0 Å². The van der Waals surface area contributed by atoms with E-state index in [1.807, 2.05) is 12.1 Å². The highest BCUT2D eigenvalue weighted by atomic mass is 16.5. The van der Waals surface area contributed by atoms with Crippen LogP contribution in [0.15, 0.2) is 18.2 Å². The van der Waals surface area contributed by atoms with Gasteiger partial charge >= 0.3 is 0 Å². The van der Waals surface area contributed by atoms with Crippen LogP contribution < -0.4 is 14.8 Å². The predicted molar refractivity (Wildman–Crippen MR) is 92.2 cm³/mol. The van der Waals surface area contributed by atoms with Crippen LogP contribution in [0.3, 0.4) is 0 Å². The standard InChI is InChI=1S/C18H28N2O3/c1-13(2)9-10-20(14-5-6-14)12-18(21)19-16-8-7-15(22-3)11-17(16)23-4/h7-8,11,13-14H,5-6,9-10,12H2,1-4H3,(H,19,21). The molecule has 5 heteroatoms. The summed E-state index contributed by atoms with van der Waals surface area (Å²) in [4.78, 5) is 14.7. The lowest BCUT2D eigenvalue weighted by atomic mass is 10.1. The predicted octanol–water partition coefficient (Wildman–Crippen LogP) is 3.15. The second kappa shape index (κ2) is 8.20. The molecule has 1 N–H and O–H groups in total. The third kappa shape index (κ3) is 5.43. The zero-order valence-corrected chi connectivity index (χ0v) is 14.6. The van der Waals surface area contributed by atoms with Crippen molar-refractivity contribution in [3.63, 3.8) is 0 Å². The summed E-state index contributed by atoms with van der Waals surface area (Å²) >= 11 is 0. The van der Waals surface area contributed by atoms with Gasteiger partial charge in [-0.15, -0.1) is 0 Å². The first-order chi connectivity index (χ1) is 11.0. The van der Waals surface area contributed by atoms with E-state index in [1.54, 1.807) is 20.3 Å². The molecule has 0 unspecified atom stereocenters. The lowest BCUT2D eigenvalue weighted by Gasteiger charge is -2.22. The lowest BCUT2D eigenvalue weighted by Crippen LogP contribution is -2.36. The maximum atomic E-state index is 12.4. The molecule has 0 aliphatic heterocycles. The Hall–Kier alpha value is -1.75. The van der Waals surface area contributed by atoms with Gasteiger partial charge in [-0.3, -0.25) is 9.69 Å². The number of nitrogens with zero attached hydrogens (tertiary/aromatic N) is 1. The van der Waals surface area contributed by atoms with Gasteiger partial charge in [0.25, 0.3) is 0 Å². The van der Waals surface area contributed by atoms with Crippen molar-refractivity contribution < 1.29 is 14.3 Å². The largest absolute Gasteiger partial charge is 0.497 e. The number of anilines is 1. The van der Waals surface area contributed by atoms with Gasteiger partial charge in [0.1, 0.15) is 11.5 Å². The number of benzene rings is 1. The minimum absolute atomic E-state index is 0.00382. The van der Waals surface area contributed by atoms with Gasteiger partial charge in [0.2, 0.25) is 5.91 Å². The normalized spacial score (nSPS) is 14.2. The Morgan fingerprint density at radius 2 is 2.04 bits per heavy atom. The monoisotopic (exact) mass is 320 g/mol. The summed E-state index contributed by atoms with van der Waals surface area (Å²) in [6, 6.07) is 5.98. The van der Waals surface area contributed by atoms with E-state index in [0.717, 1.165) is 13.0 Å². The number of methoxy groups -OCH3 is 2. The van der Waals surface area contributed by atoms with E-state index in [4.69, 9.17) is 9.47 Å². The molecular weight excluding hydrogens is 292 g/mol. The summed E-state index contributed by atoms with van der Waals surface area (Å²) in [5, 5.41) is 2.95. The fourth-order valence-corrected chi connectivity index (χ4v) is 2.53. The molecule has 0 spiro atoms. The molecule has 23 heavy (non-hydrogen) atoms. The van der Waals surface area contributed by atoms with E-state index in [2.05, 4.69) is 24.1 Å². The van der Waals surface area contributed by atoms with Crippen molar-refractivity contribution >= 4 is 11.6 Å². The molecule has 1 amide bonds. The highest BCUT2D eigenvalue weighted by Crippen LogP contribution is 2.30. The molecule has 1 fully saturated rings. The smallest absolute Gasteiger partial charge is 0.238 e. The first-order valence-electron chi connectivity index (χ1n) is 8.29. The summed E-state index contributed by atoms with van der Waals surface area (Å²) in [6.07, 6.45) is 3.53. The molecule has 1 aliphatic rings. The van der Waals surface area contributed by atoms with E-state index in [1.165, 1.54) is 12.8 Å². The van der Waals surface area contributed by atoms with Gasteiger partial charge in [-0.1, -0.05) is 13.8 Å². The second-order valence-electron chi connectivity index (χ2n) is 6.50. The van der Waals surface area contributed by atoms with Crippen LogP contribution in [-0.4, -0.2) is 44.2 Å². The van der Waals surface area contributed by atoms with Crippen LogP contribution in [-0.2, 0) is 4.79 Å². The first-order valence-corrected chi connectivity index (χ1v) is 8.29. The molecule has 128 valence electrons. The molecule has 1 saturated carbocycles. The lowest BCUT2D eigenvalue weighted by molar-refractivity contribution is -0.117. The molecule has 5 nitrogen and oxygen atoms in total. The zero-order valence-electron chi connectivity index (χ0n) is 14.6. The first kappa shape index (κ1) is 17.6. The number of carbonyl (C=O) groups is 1. The molecule has 0 saturated heterocycles. The number of hydrogen-bond acceptors (Lipinski definition) is 4. The summed E-state index contributed by atoms with van der Waals surface area (Å²) in [7, 11) is 3.19. The summed E-state index contributed by atoms with van der Waals surface area (Å²) in [5.74, 6) is 1.97. The third-order valence-electron chi connectivity index (χ3n) is 4.09. The fraction of sp³-hybridized carbons (Fsp3) is 0.611. The Bertz CT molecular complexity index is 527. The van der Waals surface area contributed by atoms with Crippen molar-refractivity contribution in [2.45, 2.75) is 39.2 Å². The van der Waals surface area contributed by atoms with Gasteiger partial charge < -0.3 is 14.8 Å². The van der Waals surface area contributed by atoms with Crippen molar-refractivity contribution in [2.24, 2.45) is 5.92 Å². The number of ether oxygens (including phenoxy) is 2. The van der Waals surface area contributed by atoms with Crippen LogP contribution in [0.5, 0.6) is 11.5 Å². The van der Waals surface area contributed by atoms with Gasteiger partial charge in [-0.05, 0) is 43.9 Å². The quantitative estimate of drug-likeness (QED) is 0.759. The highest BCUT2D eigenvalue weighted by Gasteiger charge is 2.30. The maximum absolute atomic E-state index is 12.4. The second-order valence-corrected chi connectivity index (χ2v) is 6.50. The molecule has 1 aromatic carbocycles. The molecule has 1 aliphatic carbocycles. The van der Waals surface area contributed by atoms with Crippen LogP contribution in [0.4, 0.5) is 5.69 Å². The van der Waals surface area contributed by atoms with Gasteiger partial charge in [0.05, 0.1) is 26.5 Å². The fourth-order valence-electron chi connectivity index (χ4n) is 2.53. The summed E-state index contributed by atoms with van der Waals surface area (Å²) in [5.41, 5.74) is 0.679. The van der Waals surface area contributed by atoms with Crippen molar-refractivity contribution in [2.75, 3.05) is 32.6 Å². The van der Waals surface area contributed by atoms with E-state index in [0.29, 0.717) is 35.7 Å². The Morgan fingerprint density at radius 3 is 2.61 bits per heavy atom. The van der Waals surface area contributed by atoms with Crippen molar-refractivity contribution in [3.8, 4) is 11.5 Å². The van der Waals surface area contributed by atoms with Crippen molar-refractivity contribution in [1.29, 1.82) is 0 Å². The molecule has 0 heterocycles. The van der Waals surface area contributed by atoms with Crippen LogP contribution >= 0.6 is 0 Å². The Balaban J connectivity index is 1.95. The number of carbonyl (C=O) groups excluding carboxylic acids is 1. The van der Waals surface area contributed by atoms with Gasteiger partial charge in [0, 0.05) is 12.1 Å². The topological polar surface area (TPSA) is 50.8 Å². The molecular formula is C18H28N2O3. The van der Waals surface area contributed by atoms with E-state index in [9.17, 15) is 4.79 Å². The summed E-state index contributed by atoms with van der Waals surface area (Å²) < 4.78 is 10.5. The molecule has 0 atom stereocenters. The summed E-state index contributed by atoms with van der Waals surface area (Å²) in [6.45, 7) is 5.85. The van der Waals surface area contributed by atoms with Gasteiger partial charge in [-0.25, -0.2) is 0 Å². The van der Waals surface area contributed by atoms with Gasteiger partial charge in [0.15, 0.2) is 0 Å². The van der Waals surface area contributed by atoms with Crippen molar-refractivity contribution in [3.05, 3.63) is 18.2 Å². The maximum Gasteiger partial charge on any atom is 0.238 e. The minimum atomic E-state index is 0.00382. The Morgan fingerprint density at radius 1 is 1.30 bits per heavy atom. The Labute approximate surface area is 139 Å². The molecule has 2 rings (SSSR count). The van der Waals surface area contributed by atoms with Crippen LogP contribution in [0.1, 0.15) is 33.1 Å². The highest BCUT2D eigenvalue weighted by molar-refractivity contribution is 5.93. The zero-order chi connectivity index (χ0) is 16.8. The van der Waals surface area contributed by atoms with Crippen LogP contribution in [0.25, 0.3) is 0 Å². The minimum Gasteiger partial charge on any atom is -0.497 e. The van der Waals surface area contributed by atoms with E-state index < -0.39 is 0 Å². The van der Waals surface area contributed by atoms with Crippen LogP contribution in [0.2, 0.25) is 0 Å². The van der Waals surface area contributed by atoms with Crippen LogP contribution in [0, 0.1) is 5.92 Å². The molecule has 0 radical (unpaired) electrons. The average Bonchev–Trinajstić information content (AvgIpc) is 3.36. The molecule has 0 bridgehead atoms. The van der Waals surface area contributed by atoms with Gasteiger partial charge in [-0.2, -0.15) is 0 Å². The number of rotatable bonds is 9. The SMILES string of the molecule is COc1ccc(NC(=O)CN(CCC(C)C)C2CC2)c(OC)c1. The molecule has 1 aromatic rings. The Kier molecular flexibility index (Phi) is 6.28. The average molecular weight is 320 g/mol. The number of hydrogen-bond donors (Lipinski definition) is 1. The number of amides is 1. The third-order valence-corrected chi connectivity index (χ3v) is 4.09.